The van der Waals surface area contributed by atoms with Crippen LogP contribution in [0.1, 0.15) is 25.1 Å². The minimum Gasteiger partial charge on any atom is -0.353 e. The monoisotopic (exact) mass is 275 g/mol. The van der Waals surface area contributed by atoms with E-state index < -0.39 is 21.5 Å². The summed E-state index contributed by atoms with van der Waals surface area (Å²) in [4.78, 5) is 12.2. The van der Waals surface area contributed by atoms with Crippen LogP contribution in [0, 0.1) is 0 Å². The molecule has 0 spiro atoms. The van der Waals surface area contributed by atoms with Crippen molar-refractivity contribution in [2.75, 3.05) is 5.75 Å². The number of rotatable bonds is 6. The first-order valence-corrected chi connectivity index (χ1v) is 8.15. The van der Waals surface area contributed by atoms with Crippen molar-refractivity contribution < 1.29 is 13.2 Å². The molecule has 6 heteroatoms. The van der Waals surface area contributed by atoms with Crippen LogP contribution in [-0.4, -0.2) is 26.1 Å². The first kappa shape index (κ1) is 14.2. The maximum atomic E-state index is 11.7. The van der Waals surface area contributed by atoms with Crippen molar-refractivity contribution in [1.29, 1.82) is 0 Å². The van der Waals surface area contributed by atoms with Gasteiger partial charge < -0.3 is 5.32 Å². The number of carbonyl (C=O) groups excluding carboxylic acids is 1. The van der Waals surface area contributed by atoms with Gasteiger partial charge in [-0.2, -0.15) is 0 Å². The summed E-state index contributed by atoms with van der Waals surface area (Å²) in [5.74, 6) is -0.913. The quantitative estimate of drug-likeness (QED) is 0.857. The van der Waals surface area contributed by atoms with Gasteiger partial charge in [0.15, 0.2) is 9.84 Å². The van der Waals surface area contributed by atoms with Crippen molar-refractivity contribution in [3.63, 3.8) is 0 Å². The number of hydrogen-bond acceptors (Lipinski definition) is 4. The lowest BCUT2D eigenvalue weighted by molar-refractivity contribution is -0.119. The Balaban J connectivity index is 2.52. The summed E-state index contributed by atoms with van der Waals surface area (Å²) >= 11 is 1.38. The van der Waals surface area contributed by atoms with Crippen molar-refractivity contribution in [2.45, 2.75) is 32.1 Å². The number of nitrogens with one attached hydrogen (secondary N) is 1. The third-order valence-electron chi connectivity index (χ3n) is 2.31. The summed E-state index contributed by atoms with van der Waals surface area (Å²) < 4.78 is 23.4. The molecule has 1 unspecified atom stereocenters. The fourth-order valence-electron chi connectivity index (χ4n) is 1.28. The Hall–Kier alpha value is -0.880. The molecule has 0 aliphatic rings. The van der Waals surface area contributed by atoms with Crippen LogP contribution in [0.3, 0.4) is 0 Å². The Morgan fingerprint density at radius 2 is 2.24 bits per heavy atom. The van der Waals surface area contributed by atoms with Gasteiger partial charge in [-0.05, 0) is 24.8 Å². The third kappa shape index (κ3) is 5.32. The van der Waals surface area contributed by atoms with E-state index in [0.717, 1.165) is 11.3 Å². The topological polar surface area (TPSA) is 63.2 Å². The molecule has 1 atom stereocenters. The first-order chi connectivity index (χ1) is 7.93. The van der Waals surface area contributed by atoms with Crippen molar-refractivity contribution in [1.82, 2.24) is 5.32 Å². The van der Waals surface area contributed by atoms with Crippen molar-refractivity contribution in [2.24, 2.45) is 0 Å². The van der Waals surface area contributed by atoms with Gasteiger partial charge in [0.25, 0.3) is 0 Å². The number of hydrogen-bond donors (Lipinski definition) is 1. The van der Waals surface area contributed by atoms with E-state index in [2.05, 4.69) is 5.32 Å². The molecule has 96 valence electrons. The standard InChI is InChI=1S/C11H17NO3S2/c1-3-9(2)12-11(13)8-17(14,15)7-10-5-4-6-16-10/h4-6,9H,3,7-8H2,1-2H3,(H,12,13). The van der Waals surface area contributed by atoms with Gasteiger partial charge >= 0.3 is 0 Å². The van der Waals surface area contributed by atoms with Crippen LogP contribution >= 0.6 is 11.3 Å². The van der Waals surface area contributed by atoms with E-state index in [1.165, 1.54) is 11.3 Å². The molecule has 0 saturated carbocycles. The largest absolute Gasteiger partial charge is 0.353 e. The molecule has 0 aromatic carbocycles. The summed E-state index contributed by atoms with van der Waals surface area (Å²) in [6.07, 6.45) is 0.788. The lowest BCUT2D eigenvalue weighted by Gasteiger charge is -2.11. The number of amides is 1. The average molecular weight is 275 g/mol. The molecular weight excluding hydrogens is 258 g/mol. The molecule has 1 rings (SSSR count). The minimum atomic E-state index is -3.36. The smallest absolute Gasteiger partial charge is 0.235 e. The highest BCUT2D eigenvalue weighted by molar-refractivity contribution is 7.91. The first-order valence-electron chi connectivity index (χ1n) is 5.45. The second-order valence-electron chi connectivity index (χ2n) is 3.99. The molecule has 1 heterocycles. The van der Waals surface area contributed by atoms with Gasteiger partial charge in [0.05, 0.1) is 5.75 Å². The molecule has 0 fully saturated rings. The lowest BCUT2D eigenvalue weighted by Crippen LogP contribution is -2.36. The van der Waals surface area contributed by atoms with Crippen LogP contribution in [0.25, 0.3) is 0 Å². The number of thiophene rings is 1. The maximum Gasteiger partial charge on any atom is 0.235 e. The van der Waals surface area contributed by atoms with E-state index >= 15 is 0 Å². The van der Waals surface area contributed by atoms with Gasteiger partial charge in [-0.25, -0.2) is 8.42 Å². The molecule has 1 N–H and O–H groups in total. The fourth-order valence-corrected chi connectivity index (χ4v) is 3.70. The Labute approximate surface area is 106 Å². The van der Waals surface area contributed by atoms with Gasteiger partial charge in [-0.3, -0.25) is 4.79 Å². The van der Waals surface area contributed by atoms with Crippen molar-refractivity contribution in [3.05, 3.63) is 22.4 Å². The van der Waals surface area contributed by atoms with Gasteiger partial charge in [-0.15, -0.1) is 11.3 Å². The number of carbonyl (C=O) groups is 1. The zero-order valence-electron chi connectivity index (χ0n) is 9.97. The summed E-state index contributed by atoms with van der Waals surface area (Å²) in [5.41, 5.74) is 0. The molecule has 0 saturated heterocycles. The highest BCUT2D eigenvalue weighted by Crippen LogP contribution is 2.13. The molecular formula is C11H17NO3S2. The fraction of sp³-hybridized carbons (Fsp3) is 0.545. The van der Waals surface area contributed by atoms with E-state index in [9.17, 15) is 13.2 Å². The van der Waals surface area contributed by atoms with Gasteiger partial charge in [0, 0.05) is 10.9 Å². The minimum absolute atomic E-state index is 0.0134. The third-order valence-corrected chi connectivity index (χ3v) is 4.83. The van der Waals surface area contributed by atoms with Crippen LogP contribution in [0.2, 0.25) is 0 Å². The molecule has 0 bridgehead atoms. The summed E-state index contributed by atoms with van der Waals surface area (Å²) in [6, 6.07) is 3.57. The van der Waals surface area contributed by atoms with Gasteiger partial charge in [0.1, 0.15) is 5.75 Å². The Kier molecular flexibility index (Phi) is 5.14. The van der Waals surface area contributed by atoms with Crippen LogP contribution in [0.5, 0.6) is 0 Å². The van der Waals surface area contributed by atoms with E-state index in [0.29, 0.717) is 0 Å². The normalized spacial score (nSPS) is 13.3. The van der Waals surface area contributed by atoms with Gasteiger partial charge in [0.2, 0.25) is 5.91 Å². The SMILES string of the molecule is CCC(C)NC(=O)CS(=O)(=O)Cc1cccs1. The predicted molar refractivity (Wildman–Crippen MR) is 69.7 cm³/mol. The zero-order valence-corrected chi connectivity index (χ0v) is 11.6. The van der Waals surface area contributed by atoms with Crippen LogP contribution in [0.4, 0.5) is 0 Å². The van der Waals surface area contributed by atoms with Crippen molar-refractivity contribution in [3.8, 4) is 0 Å². The van der Waals surface area contributed by atoms with Crippen LogP contribution in [0.15, 0.2) is 17.5 Å². The Morgan fingerprint density at radius 3 is 2.76 bits per heavy atom. The van der Waals surface area contributed by atoms with E-state index in [4.69, 9.17) is 0 Å². The molecule has 0 aliphatic carbocycles. The highest BCUT2D eigenvalue weighted by atomic mass is 32.2. The molecule has 1 aromatic rings. The Morgan fingerprint density at radius 1 is 1.53 bits per heavy atom. The van der Waals surface area contributed by atoms with Gasteiger partial charge in [-0.1, -0.05) is 13.0 Å². The number of sulfone groups is 1. The maximum absolute atomic E-state index is 11.7. The molecule has 1 aromatic heterocycles. The predicted octanol–water partition coefficient (Wildman–Crippen LogP) is 1.58. The lowest BCUT2D eigenvalue weighted by atomic mass is 10.3. The van der Waals surface area contributed by atoms with E-state index in [-0.39, 0.29) is 11.8 Å². The zero-order chi connectivity index (χ0) is 12.9. The summed E-state index contributed by atoms with van der Waals surface area (Å²) in [6.45, 7) is 3.79. The molecule has 0 aliphatic heterocycles. The van der Waals surface area contributed by atoms with Crippen molar-refractivity contribution >= 4 is 27.1 Å². The van der Waals surface area contributed by atoms with E-state index in [1.807, 2.05) is 19.2 Å². The highest BCUT2D eigenvalue weighted by Gasteiger charge is 2.18. The van der Waals surface area contributed by atoms with E-state index in [1.54, 1.807) is 12.1 Å². The molecule has 4 nitrogen and oxygen atoms in total. The van der Waals surface area contributed by atoms with Crippen LogP contribution < -0.4 is 5.32 Å². The second-order valence-corrected chi connectivity index (χ2v) is 7.09. The van der Waals surface area contributed by atoms with Crippen LogP contribution in [-0.2, 0) is 20.4 Å². The second kappa shape index (κ2) is 6.16. The Bertz CT molecular complexity index is 451. The average Bonchev–Trinajstić information content (AvgIpc) is 2.67. The summed E-state index contributed by atoms with van der Waals surface area (Å²) in [7, 11) is -3.36. The molecule has 0 radical (unpaired) electrons. The molecule has 1 amide bonds. The molecule has 17 heavy (non-hydrogen) atoms. The summed E-state index contributed by atoms with van der Waals surface area (Å²) in [5, 5.41) is 4.47.